The molecule has 3 unspecified atom stereocenters. The average molecular weight is 605 g/mol. The van der Waals surface area contributed by atoms with E-state index in [1.54, 1.807) is 0 Å². The van der Waals surface area contributed by atoms with Crippen LogP contribution in [0.25, 0.3) is 0 Å². The van der Waals surface area contributed by atoms with E-state index in [0.29, 0.717) is 42.3 Å². The lowest BCUT2D eigenvalue weighted by Crippen LogP contribution is -2.44. The van der Waals surface area contributed by atoms with Crippen LogP contribution in [0.2, 0.25) is 5.02 Å². The summed E-state index contributed by atoms with van der Waals surface area (Å²) in [5, 5.41) is 19.1. The molecule has 0 spiro atoms. The quantitative estimate of drug-likeness (QED) is 0.334. The number of carbonyl (C=O) groups is 2. The zero-order valence-electron chi connectivity index (χ0n) is 25.2. The van der Waals surface area contributed by atoms with Gasteiger partial charge in [0, 0.05) is 64.9 Å². The maximum Gasteiger partial charge on any atom is 0.273 e. The van der Waals surface area contributed by atoms with Crippen LogP contribution in [0.15, 0.2) is 70.1 Å². The number of benzene rings is 2. The Balaban J connectivity index is 1.28. The molecule has 3 N–H and O–H groups in total. The summed E-state index contributed by atoms with van der Waals surface area (Å²) in [7, 11) is 4.09. The number of hydrogen-bond acceptors (Lipinski definition) is 7. The molecule has 1 saturated carbocycles. The van der Waals surface area contributed by atoms with Crippen molar-refractivity contribution < 1.29 is 14.3 Å². The molecule has 2 aliphatic heterocycles. The first-order chi connectivity index (χ1) is 20.8. The fourth-order valence-electron chi connectivity index (χ4n) is 6.12. The topological polar surface area (TPSA) is 107 Å². The minimum atomic E-state index is -0.321. The van der Waals surface area contributed by atoms with Crippen LogP contribution in [0.1, 0.15) is 57.4 Å². The molecule has 0 bridgehead atoms. The second-order valence-corrected chi connectivity index (χ2v) is 12.1. The van der Waals surface area contributed by atoms with Gasteiger partial charge in [0.25, 0.3) is 5.91 Å². The number of halogens is 1. The predicted octanol–water partition coefficient (Wildman–Crippen LogP) is 5.37. The van der Waals surface area contributed by atoms with Crippen LogP contribution in [-0.4, -0.2) is 61.4 Å². The maximum atomic E-state index is 13.8. The molecule has 3 aliphatic rings. The number of piperidine rings is 1. The van der Waals surface area contributed by atoms with Gasteiger partial charge in [-0.25, -0.2) is 0 Å². The zero-order valence-corrected chi connectivity index (χ0v) is 25.9. The van der Waals surface area contributed by atoms with Gasteiger partial charge < -0.3 is 25.6 Å². The van der Waals surface area contributed by atoms with Gasteiger partial charge in [-0.15, -0.1) is 0 Å². The second kappa shape index (κ2) is 14.2. The molecule has 1 saturated heterocycles. The van der Waals surface area contributed by atoms with Crippen LogP contribution in [0.3, 0.4) is 0 Å². The molecule has 228 valence electrons. The number of nitrogens with one attached hydrogen (secondary N) is 3. The van der Waals surface area contributed by atoms with E-state index >= 15 is 0 Å². The van der Waals surface area contributed by atoms with Gasteiger partial charge in [-0.2, -0.15) is 10.2 Å². The van der Waals surface area contributed by atoms with E-state index in [4.69, 9.17) is 16.3 Å². The van der Waals surface area contributed by atoms with Crippen LogP contribution in [-0.2, 0) is 9.59 Å². The zero-order chi connectivity index (χ0) is 30.3. The lowest BCUT2D eigenvalue weighted by Gasteiger charge is -2.33. The molecule has 9 nitrogen and oxygen atoms in total. The third kappa shape index (κ3) is 7.64. The van der Waals surface area contributed by atoms with Crippen molar-refractivity contribution in [3.8, 4) is 5.75 Å². The highest BCUT2D eigenvalue weighted by atomic mass is 35.5. The average Bonchev–Trinajstić information content (AvgIpc) is 3.52. The molecule has 43 heavy (non-hydrogen) atoms. The number of ether oxygens (including phenoxy) is 1. The van der Waals surface area contributed by atoms with Crippen LogP contribution in [0.5, 0.6) is 5.75 Å². The molecular formula is C33H41ClN6O3. The maximum absolute atomic E-state index is 13.8. The van der Waals surface area contributed by atoms with Crippen molar-refractivity contribution >= 4 is 40.5 Å². The molecule has 2 aromatic rings. The number of anilines is 1. The third-order valence-corrected chi connectivity index (χ3v) is 8.75. The Bertz CT molecular complexity index is 1420. The second-order valence-electron chi connectivity index (χ2n) is 11.6. The van der Waals surface area contributed by atoms with E-state index in [1.807, 2.05) is 69.6 Å². The van der Waals surface area contributed by atoms with Gasteiger partial charge in [0.15, 0.2) is 0 Å². The summed E-state index contributed by atoms with van der Waals surface area (Å²) in [6.45, 7) is 3.23. The van der Waals surface area contributed by atoms with E-state index in [-0.39, 0.29) is 29.7 Å². The van der Waals surface area contributed by atoms with Crippen LogP contribution in [0.4, 0.5) is 5.69 Å². The van der Waals surface area contributed by atoms with Gasteiger partial charge >= 0.3 is 0 Å². The van der Waals surface area contributed by atoms with Gasteiger partial charge in [0.1, 0.15) is 11.4 Å². The standard InChI is InChI=1S/C33H41ClN6O3/c1-4-43-30-14-13-23(34)18-26(30)28-20-27(38-39-28)21-9-8-10-22(17-21)32(41)37-31(29-19-25(40(2)3)15-16-35-29)33(42)36-24-11-6-5-7-12-24/h5-7,11-14,18,21-22,25,35H,4,8-10,15-17,19-20H2,1-3H3,(H,36,42)(H,37,41)/b31-29+. The minimum Gasteiger partial charge on any atom is -0.493 e. The first kappa shape index (κ1) is 30.8. The Morgan fingerprint density at radius 2 is 1.91 bits per heavy atom. The van der Waals surface area contributed by atoms with Crippen LogP contribution in [0, 0.1) is 11.8 Å². The van der Waals surface area contributed by atoms with Crippen molar-refractivity contribution in [2.24, 2.45) is 22.0 Å². The molecule has 0 aromatic heterocycles. The predicted molar refractivity (Wildman–Crippen MR) is 172 cm³/mol. The molecule has 3 atom stereocenters. The van der Waals surface area contributed by atoms with E-state index in [0.717, 1.165) is 60.7 Å². The summed E-state index contributed by atoms with van der Waals surface area (Å²) >= 11 is 6.29. The van der Waals surface area contributed by atoms with Crippen molar-refractivity contribution in [2.75, 3.05) is 32.6 Å². The van der Waals surface area contributed by atoms with Crippen LogP contribution < -0.4 is 20.7 Å². The first-order valence-electron chi connectivity index (χ1n) is 15.2. The monoisotopic (exact) mass is 604 g/mol. The first-order valence-corrected chi connectivity index (χ1v) is 15.6. The van der Waals surface area contributed by atoms with E-state index in [1.165, 1.54) is 0 Å². The summed E-state index contributed by atoms with van der Waals surface area (Å²) in [6, 6.07) is 15.1. The van der Waals surface area contributed by atoms with E-state index in [9.17, 15) is 9.59 Å². The summed E-state index contributed by atoms with van der Waals surface area (Å²) in [6.07, 6.45) is 5.51. The number of nitrogens with zero attached hydrogens (tertiary/aromatic N) is 3. The van der Waals surface area contributed by atoms with Gasteiger partial charge in [-0.05, 0) is 77.0 Å². The lowest BCUT2D eigenvalue weighted by atomic mass is 9.77. The van der Waals surface area contributed by atoms with Crippen molar-refractivity contribution in [1.29, 1.82) is 0 Å². The molecule has 0 radical (unpaired) electrons. The van der Waals surface area contributed by atoms with Crippen molar-refractivity contribution in [1.82, 2.24) is 15.5 Å². The number of para-hydroxylation sites is 1. The highest BCUT2D eigenvalue weighted by Crippen LogP contribution is 2.35. The lowest BCUT2D eigenvalue weighted by molar-refractivity contribution is -0.126. The Labute approximate surface area is 258 Å². The Morgan fingerprint density at radius 3 is 2.67 bits per heavy atom. The number of carbonyl (C=O) groups excluding carboxylic acids is 2. The Kier molecular flexibility index (Phi) is 10.1. The van der Waals surface area contributed by atoms with Gasteiger partial charge in [-0.3, -0.25) is 9.59 Å². The number of rotatable bonds is 9. The van der Waals surface area contributed by atoms with Gasteiger partial charge in [0.05, 0.1) is 12.3 Å². The molecule has 2 amide bonds. The van der Waals surface area contributed by atoms with Gasteiger partial charge in [0.2, 0.25) is 5.91 Å². The smallest absolute Gasteiger partial charge is 0.273 e. The normalized spacial score (nSPS) is 23.1. The van der Waals surface area contributed by atoms with Crippen molar-refractivity contribution in [2.45, 2.75) is 57.9 Å². The van der Waals surface area contributed by atoms with Gasteiger partial charge in [-0.1, -0.05) is 36.2 Å². The van der Waals surface area contributed by atoms with Crippen LogP contribution >= 0.6 is 11.6 Å². The summed E-state index contributed by atoms with van der Waals surface area (Å²) in [5.74, 6) is 0.200. The largest absolute Gasteiger partial charge is 0.493 e. The number of amides is 2. The Hall–Kier alpha value is -3.69. The molecule has 1 aliphatic carbocycles. The summed E-state index contributed by atoms with van der Waals surface area (Å²) < 4.78 is 5.81. The molecule has 2 fully saturated rings. The fraction of sp³-hybridized carbons (Fsp3) is 0.455. The van der Waals surface area contributed by atoms with Crippen molar-refractivity contribution in [3.05, 3.63) is 70.5 Å². The third-order valence-electron chi connectivity index (χ3n) is 8.51. The molecule has 10 heteroatoms. The van der Waals surface area contributed by atoms with E-state index < -0.39 is 0 Å². The molecule has 5 rings (SSSR count). The number of hydrogen-bond donors (Lipinski definition) is 3. The SMILES string of the molecule is CCOc1ccc(Cl)cc1C1=NN=C(C2CCCC(C(=O)N/C(C(=O)Nc3ccccc3)=C3\CC(N(C)C)CCN3)C2)C1. The summed E-state index contributed by atoms with van der Waals surface area (Å²) in [5.41, 5.74) is 4.42. The fourth-order valence-corrected chi connectivity index (χ4v) is 6.29. The van der Waals surface area contributed by atoms with E-state index in [2.05, 4.69) is 31.1 Å². The van der Waals surface area contributed by atoms with Crippen molar-refractivity contribution in [3.63, 3.8) is 0 Å². The highest BCUT2D eigenvalue weighted by Gasteiger charge is 2.34. The molecule has 2 aromatic carbocycles. The molecular weight excluding hydrogens is 564 g/mol. The Morgan fingerprint density at radius 1 is 1.09 bits per heavy atom. The summed E-state index contributed by atoms with van der Waals surface area (Å²) in [4.78, 5) is 29.5. The minimum absolute atomic E-state index is 0.127. The highest BCUT2D eigenvalue weighted by molar-refractivity contribution is 6.31. The molecule has 2 heterocycles.